The predicted molar refractivity (Wildman–Crippen MR) is 64.7 cm³/mol. The van der Waals surface area contributed by atoms with Crippen molar-refractivity contribution in [2.45, 2.75) is 6.10 Å². The Labute approximate surface area is 113 Å². The molecule has 0 radical (unpaired) electrons. The van der Waals surface area contributed by atoms with E-state index < -0.39 is 31.6 Å². The highest BCUT2D eigenvalue weighted by molar-refractivity contribution is 7.46. The van der Waals surface area contributed by atoms with E-state index in [1.54, 1.807) is 12.1 Å². The molecule has 0 fully saturated rings. The number of hydrogen-bond donors (Lipinski definition) is 2. The summed E-state index contributed by atoms with van der Waals surface area (Å²) in [6.07, 6.45) is -0.00104. The van der Waals surface area contributed by atoms with Gasteiger partial charge in [0, 0.05) is 17.2 Å². The average Bonchev–Trinajstić information content (AvgIpc) is 2.78. The number of rotatable bonds is 2. The lowest BCUT2D eigenvalue weighted by Crippen LogP contribution is -2.38. The number of hydrogen-bond acceptors (Lipinski definition) is 5. The number of benzene rings is 1. The van der Waals surface area contributed by atoms with Crippen molar-refractivity contribution in [3.05, 3.63) is 47.4 Å². The molecule has 1 aliphatic carbocycles. The number of carbonyl (C=O) groups excluding carboxylic acids is 2. The van der Waals surface area contributed by atoms with Crippen LogP contribution < -0.4 is 0 Å². The SMILES string of the molecule is O=C1c2ccccc2C(=O)C2OC(OP(=O)(O)O)=CC12. The largest absolute Gasteiger partial charge is 0.527 e. The summed E-state index contributed by atoms with van der Waals surface area (Å²) in [5.41, 5.74) is 0.514. The predicted octanol–water partition coefficient (Wildman–Crippen LogP) is 1.03. The molecular weight excluding hydrogens is 287 g/mol. The van der Waals surface area contributed by atoms with E-state index >= 15 is 0 Å². The molecule has 2 unspecified atom stereocenters. The van der Waals surface area contributed by atoms with Crippen molar-refractivity contribution < 1.29 is 33.2 Å². The molecule has 7 nitrogen and oxygen atoms in total. The van der Waals surface area contributed by atoms with Crippen LogP contribution in [0.5, 0.6) is 0 Å². The van der Waals surface area contributed by atoms with Crippen molar-refractivity contribution in [3.63, 3.8) is 0 Å². The zero-order valence-electron chi connectivity index (χ0n) is 9.92. The van der Waals surface area contributed by atoms with Gasteiger partial charge in [0.25, 0.3) is 5.95 Å². The monoisotopic (exact) mass is 296 g/mol. The van der Waals surface area contributed by atoms with Crippen LogP contribution in [0.25, 0.3) is 0 Å². The van der Waals surface area contributed by atoms with Gasteiger partial charge in [0.05, 0.1) is 5.92 Å². The average molecular weight is 296 g/mol. The Hall–Kier alpha value is -1.95. The lowest BCUT2D eigenvalue weighted by Gasteiger charge is -2.23. The fourth-order valence-corrected chi connectivity index (χ4v) is 2.65. The van der Waals surface area contributed by atoms with Crippen molar-refractivity contribution in [2.75, 3.05) is 0 Å². The van der Waals surface area contributed by atoms with E-state index in [1.807, 2.05) is 0 Å². The Morgan fingerprint density at radius 2 is 1.70 bits per heavy atom. The molecule has 2 aliphatic rings. The first-order valence-corrected chi connectivity index (χ1v) is 7.21. The van der Waals surface area contributed by atoms with Crippen LogP contribution in [0.1, 0.15) is 20.7 Å². The number of phosphoric ester groups is 1. The highest BCUT2D eigenvalue weighted by atomic mass is 31.2. The van der Waals surface area contributed by atoms with Gasteiger partial charge in [-0.15, -0.1) is 0 Å². The van der Waals surface area contributed by atoms with Gasteiger partial charge in [0.2, 0.25) is 5.78 Å². The summed E-state index contributed by atoms with van der Waals surface area (Å²) in [6, 6.07) is 6.30. The Morgan fingerprint density at radius 3 is 2.30 bits per heavy atom. The van der Waals surface area contributed by atoms with Crippen molar-refractivity contribution >= 4 is 19.4 Å². The van der Waals surface area contributed by atoms with Crippen LogP contribution in [0.3, 0.4) is 0 Å². The molecule has 0 aromatic heterocycles. The fourth-order valence-electron chi connectivity index (χ4n) is 2.32. The Balaban J connectivity index is 1.97. The number of carbonyl (C=O) groups is 2. The lowest BCUT2D eigenvalue weighted by molar-refractivity contribution is 0.0303. The van der Waals surface area contributed by atoms with Gasteiger partial charge in [-0.2, -0.15) is 0 Å². The van der Waals surface area contributed by atoms with Crippen LogP contribution in [-0.2, 0) is 13.8 Å². The summed E-state index contributed by atoms with van der Waals surface area (Å²) in [5.74, 6) is -2.16. The van der Waals surface area contributed by atoms with Crippen molar-refractivity contribution in [2.24, 2.45) is 5.92 Å². The zero-order chi connectivity index (χ0) is 14.5. The summed E-state index contributed by atoms with van der Waals surface area (Å²) < 4.78 is 20.1. The van der Waals surface area contributed by atoms with Crippen LogP contribution in [0.2, 0.25) is 0 Å². The van der Waals surface area contributed by atoms with Crippen LogP contribution in [0.15, 0.2) is 36.3 Å². The molecule has 20 heavy (non-hydrogen) atoms. The van der Waals surface area contributed by atoms with Gasteiger partial charge in [-0.25, -0.2) is 4.57 Å². The van der Waals surface area contributed by atoms with Gasteiger partial charge in [0.15, 0.2) is 11.9 Å². The van der Waals surface area contributed by atoms with E-state index in [0.29, 0.717) is 0 Å². The summed E-state index contributed by atoms with van der Waals surface area (Å²) >= 11 is 0. The molecule has 0 saturated heterocycles. The molecule has 1 aliphatic heterocycles. The second kappa shape index (κ2) is 4.28. The lowest BCUT2D eigenvalue weighted by atomic mass is 9.80. The maximum absolute atomic E-state index is 12.2. The maximum Gasteiger partial charge on any atom is 0.527 e. The van der Waals surface area contributed by atoms with Gasteiger partial charge in [-0.3, -0.25) is 19.4 Å². The normalized spacial score (nSPS) is 24.6. The van der Waals surface area contributed by atoms with Gasteiger partial charge in [-0.05, 0) is 0 Å². The second-order valence-electron chi connectivity index (χ2n) is 4.41. The van der Waals surface area contributed by atoms with Crippen LogP contribution in [-0.4, -0.2) is 27.5 Å². The molecule has 1 aromatic carbocycles. The number of fused-ring (bicyclic) bond motifs is 2. The molecule has 0 spiro atoms. The maximum atomic E-state index is 12.2. The third-order valence-electron chi connectivity index (χ3n) is 3.11. The molecule has 0 amide bonds. The summed E-state index contributed by atoms with van der Waals surface area (Å²) in [5, 5.41) is 0. The Kier molecular flexibility index (Phi) is 2.79. The van der Waals surface area contributed by atoms with Crippen LogP contribution in [0, 0.1) is 5.92 Å². The number of Topliss-reactive ketones (excluding diaryl/α,β-unsaturated/α-hetero) is 2. The number of phosphoric acid groups is 1. The molecular formula is C12H9O7P. The molecule has 8 heteroatoms. The van der Waals surface area contributed by atoms with Crippen molar-refractivity contribution in [1.29, 1.82) is 0 Å². The number of ether oxygens (including phenoxy) is 1. The molecule has 104 valence electrons. The van der Waals surface area contributed by atoms with Gasteiger partial charge < -0.3 is 9.26 Å². The molecule has 3 rings (SSSR count). The Morgan fingerprint density at radius 1 is 1.10 bits per heavy atom. The second-order valence-corrected chi connectivity index (χ2v) is 5.57. The van der Waals surface area contributed by atoms with E-state index in [0.717, 1.165) is 6.08 Å². The minimum Gasteiger partial charge on any atom is -0.452 e. The molecule has 0 saturated carbocycles. The highest BCUT2D eigenvalue weighted by Gasteiger charge is 2.47. The van der Waals surface area contributed by atoms with Gasteiger partial charge >= 0.3 is 7.82 Å². The zero-order valence-corrected chi connectivity index (χ0v) is 10.8. The fraction of sp³-hybridized carbons (Fsp3) is 0.167. The smallest absolute Gasteiger partial charge is 0.452 e. The molecule has 2 N–H and O–H groups in total. The first kappa shape index (κ1) is 13.1. The van der Waals surface area contributed by atoms with Gasteiger partial charge in [0.1, 0.15) is 0 Å². The molecule has 1 heterocycles. The molecule has 2 atom stereocenters. The van der Waals surface area contributed by atoms with Crippen LogP contribution >= 0.6 is 7.82 Å². The van der Waals surface area contributed by atoms with E-state index in [-0.39, 0.29) is 16.9 Å². The van der Waals surface area contributed by atoms with Crippen LogP contribution in [0.4, 0.5) is 0 Å². The molecule has 1 aromatic rings. The highest BCUT2D eigenvalue weighted by Crippen LogP contribution is 2.43. The first-order chi connectivity index (χ1) is 9.37. The van der Waals surface area contributed by atoms with Crippen molar-refractivity contribution in [1.82, 2.24) is 0 Å². The van der Waals surface area contributed by atoms with Crippen molar-refractivity contribution in [3.8, 4) is 0 Å². The summed E-state index contributed by atoms with van der Waals surface area (Å²) in [7, 11) is -4.80. The van der Waals surface area contributed by atoms with E-state index in [4.69, 9.17) is 14.5 Å². The minimum absolute atomic E-state index is 0.240. The summed E-state index contributed by atoms with van der Waals surface area (Å²) in [4.78, 5) is 41.9. The van der Waals surface area contributed by atoms with E-state index in [2.05, 4.69) is 4.52 Å². The first-order valence-electron chi connectivity index (χ1n) is 5.68. The third kappa shape index (κ3) is 2.06. The van der Waals surface area contributed by atoms with Gasteiger partial charge in [-0.1, -0.05) is 24.3 Å². The summed E-state index contributed by atoms with van der Waals surface area (Å²) in [6.45, 7) is 0. The third-order valence-corrected chi connectivity index (χ3v) is 3.53. The topological polar surface area (TPSA) is 110 Å². The van der Waals surface area contributed by atoms with E-state index in [9.17, 15) is 14.2 Å². The Bertz CT molecular complexity index is 687. The van der Waals surface area contributed by atoms with E-state index in [1.165, 1.54) is 12.1 Å². The number of ketones is 2. The molecule has 0 bridgehead atoms. The quantitative estimate of drug-likeness (QED) is 0.784. The minimum atomic E-state index is -4.80. The standard InChI is InChI=1S/C12H9O7P/c13-10-6-3-1-2-4-7(6)11(14)12-8(10)5-9(18-12)19-20(15,16)17/h1-5,8,12H,(H2,15,16,17).